The Morgan fingerprint density at radius 3 is 2.40 bits per heavy atom. The minimum atomic E-state index is -0.137. The Morgan fingerprint density at radius 1 is 1.15 bits per heavy atom. The fraction of sp³-hybridized carbons (Fsp3) is 0.938. The van der Waals surface area contributed by atoms with Crippen molar-refractivity contribution in [1.29, 1.82) is 0 Å². The number of ether oxygens (including phenoxy) is 2. The molecule has 1 aliphatic heterocycles. The molecule has 1 saturated carbocycles. The van der Waals surface area contributed by atoms with Crippen molar-refractivity contribution in [3.63, 3.8) is 0 Å². The molecule has 1 unspecified atom stereocenters. The van der Waals surface area contributed by atoms with E-state index in [2.05, 4.69) is 5.32 Å². The standard InChI is InChI=1S/C16H29NO3/c1-2-20-16(18)15(13-9-11-19-12-10-13)17-14-7-5-3-4-6-8-14/h13-15,17H,2-12H2,1H3. The molecule has 1 saturated heterocycles. The number of hydrogen-bond donors (Lipinski definition) is 1. The van der Waals surface area contributed by atoms with Crippen LogP contribution in [0.2, 0.25) is 0 Å². The quantitative estimate of drug-likeness (QED) is 0.622. The van der Waals surface area contributed by atoms with E-state index in [-0.39, 0.29) is 12.0 Å². The van der Waals surface area contributed by atoms with E-state index in [1.165, 1.54) is 38.5 Å². The van der Waals surface area contributed by atoms with Crippen molar-refractivity contribution in [2.75, 3.05) is 19.8 Å². The summed E-state index contributed by atoms with van der Waals surface area (Å²) in [6.07, 6.45) is 9.53. The van der Waals surface area contributed by atoms with E-state index >= 15 is 0 Å². The normalized spacial score (nSPS) is 24.1. The van der Waals surface area contributed by atoms with Crippen molar-refractivity contribution in [2.24, 2.45) is 5.92 Å². The first-order valence-electron chi connectivity index (χ1n) is 8.31. The van der Waals surface area contributed by atoms with Crippen LogP contribution in [0.1, 0.15) is 58.3 Å². The van der Waals surface area contributed by atoms with Gasteiger partial charge in [-0.3, -0.25) is 4.79 Å². The van der Waals surface area contributed by atoms with E-state index in [9.17, 15) is 4.79 Å². The van der Waals surface area contributed by atoms with Crippen LogP contribution < -0.4 is 5.32 Å². The van der Waals surface area contributed by atoms with Gasteiger partial charge in [-0.15, -0.1) is 0 Å². The Bertz CT molecular complexity index is 281. The van der Waals surface area contributed by atoms with Gasteiger partial charge in [0.1, 0.15) is 6.04 Å². The molecule has 116 valence electrons. The van der Waals surface area contributed by atoms with Crippen LogP contribution in [0.4, 0.5) is 0 Å². The lowest BCUT2D eigenvalue weighted by Gasteiger charge is -2.32. The van der Waals surface area contributed by atoms with Gasteiger partial charge in [0.2, 0.25) is 0 Å². The summed E-state index contributed by atoms with van der Waals surface area (Å²) in [5.74, 6) is 0.301. The van der Waals surface area contributed by atoms with Crippen molar-refractivity contribution in [3.05, 3.63) is 0 Å². The number of hydrogen-bond acceptors (Lipinski definition) is 4. The van der Waals surface area contributed by atoms with Crippen LogP contribution in [0.3, 0.4) is 0 Å². The van der Waals surface area contributed by atoms with Crippen LogP contribution in [0, 0.1) is 5.92 Å². The fourth-order valence-corrected chi connectivity index (χ4v) is 3.38. The highest BCUT2D eigenvalue weighted by Gasteiger charge is 2.32. The van der Waals surface area contributed by atoms with Crippen molar-refractivity contribution in [1.82, 2.24) is 5.32 Å². The van der Waals surface area contributed by atoms with E-state index in [1.807, 2.05) is 6.92 Å². The van der Waals surface area contributed by atoms with Crippen molar-refractivity contribution in [2.45, 2.75) is 70.4 Å². The average molecular weight is 283 g/mol. The highest BCUT2D eigenvalue weighted by Crippen LogP contribution is 2.23. The molecule has 4 nitrogen and oxygen atoms in total. The number of rotatable bonds is 5. The molecule has 2 rings (SSSR count). The van der Waals surface area contributed by atoms with Gasteiger partial charge in [-0.2, -0.15) is 0 Å². The highest BCUT2D eigenvalue weighted by atomic mass is 16.5. The molecule has 0 amide bonds. The van der Waals surface area contributed by atoms with Gasteiger partial charge in [0.05, 0.1) is 6.61 Å². The Balaban J connectivity index is 1.94. The molecule has 2 aliphatic rings. The summed E-state index contributed by atoms with van der Waals surface area (Å²) < 4.78 is 10.7. The molecule has 2 fully saturated rings. The SMILES string of the molecule is CCOC(=O)C(NC1CCCCCC1)C1CCOCC1. The van der Waals surface area contributed by atoms with Crippen molar-refractivity contribution >= 4 is 5.97 Å². The summed E-state index contributed by atoms with van der Waals surface area (Å²) in [6.45, 7) is 3.88. The van der Waals surface area contributed by atoms with Crippen LogP contribution in [0.15, 0.2) is 0 Å². The second-order valence-electron chi connectivity index (χ2n) is 6.03. The first-order valence-corrected chi connectivity index (χ1v) is 8.31. The zero-order valence-electron chi connectivity index (χ0n) is 12.7. The van der Waals surface area contributed by atoms with Gasteiger partial charge in [0.25, 0.3) is 0 Å². The third-order valence-corrected chi connectivity index (χ3v) is 4.55. The second-order valence-corrected chi connectivity index (χ2v) is 6.03. The Labute approximate surface area is 122 Å². The molecule has 0 aromatic heterocycles. The molecular weight excluding hydrogens is 254 g/mol. The maximum absolute atomic E-state index is 12.3. The van der Waals surface area contributed by atoms with E-state index in [1.54, 1.807) is 0 Å². The minimum absolute atomic E-state index is 0.0661. The maximum atomic E-state index is 12.3. The monoisotopic (exact) mass is 283 g/mol. The summed E-state index contributed by atoms with van der Waals surface area (Å²) in [5.41, 5.74) is 0. The van der Waals surface area contributed by atoms with Crippen molar-refractivity contribution < 1.29 is 14.3 Å². The lowest BCUT2D eigenvalue weighted by molar-refractivity contribution is -0.148. The summed E-state index contributed by atoms with van der Waals surface area (Å²) in [6, 6.07) is 0.344. The third kappa shape index (κ3) is 4.74. The molecule has 1 aliphatic carbocycles. The van der Waals surface area contributed by atoms with Crippen LogP contribution in [-0.4, -0.2) is 37.9 Å². The molecule has 0 radical (unpaired) electrons. The smallest absolute Gasteiger partial charge is 0.323 e. The summed E-state index contributed by atoms with van der Waals surface area (Å²) in [5, 5.41) is 3.62. The minimum Gasteiger partial charge on any atom is -0.465 e. The molecule has 20 heavy (non-hydrogen) atoms. The molecule has 0 spiro atoms. The van der Waals surface area contributed by atoms with E-state index in [4.69, 9.17) is 9.47 Å². The maximum Gasteiger partial charge on any atom is 0.323 e. The molecule has 0 aromatic carbocycles. The zero-order chi connectivity index (χ0) is 14.2. The second kappa shape index (κ2) is 8.63. The summed E-state index contributed by atoms with van der Waals surface area (Å²) in [7, 11) is 0. The van der Waals surface area contributed by atoms with Gasteiger partial charge in [-0.25, -0.2) is 0 Å². The number of nitrogens with one attached hydrogen (secondary N) is 1. The summed E-state index contributed by atoms with van der Waals surface area (Å²) >= 11 is 0. The van der Waals surface area contributed by atoms with Gasteiger partial charge in [0.15, 0.2) is 0 Å². The molecule has 4 heteroatoms. The van der Waals surface area contributed by atoms with Crippen LogP contribution in [-0.2, 0) is 14.3 Å². The fourth-order valence-electron chi connectivity index (χ4n) is 3.38. The third-order valence-electron chi connectivity index (χ3n) is 4.55. The zero-order valence-corrected chi connectivity index (χ0v) is 12.7. The molecule has 1 heterocycles. The Hall–Kier alpha value is -0.610. The van der Waals surface area contributed by atoms with Crippen LogP contribution in [0.25, 0.3) is 0 Å². The van der Waals surface area contributed by atoms with Gasteiger partial charge < -0.3 is 14.8 Å². The largest absolute Gasteiger partial charge is 0.465 e. The van der Waals surface area contributed by atoms with E-state index < -0.39 is 0 Å². The van der Waals surface area contributed by atoms with Gasteiger partial charge in [0, 0.05) is 19.3 Å². The van der Waals surface area contributed by atoms with E-state index in [0.717, 1.165) is 26.1 Å². The van der Waals surface area contributed by atoms with Gasteiger partial charge in [-0.05, 0) is 38.5 Å². The topological polar surface area (TPSA) is 47.6 Å². The molecule has 0 bridgehead atoms. The first kappa shape index (κ1) is 15.8. The number of carbonyl (C=O) groups is 1. The Morgan fingerprint density at radius 2 is 1.80 bits per heavy atom. The van der Waals surface area contributed by atoms with Crippen LogP contribution in [0.5, 0.6) is 0 Å². The number of carbonyl (C=O) groups excluding carboxylic acids is 1. The van der Waals surface area contributed by atoms with E-state index in [0.29, 0.717) is 18.6 Å². The lowest BCUT2D eigenvalue weighted by atomic mass is 9.90. The molecule has 1 atom stereocenters. The predicted octanol–water partition coefficient (Wildman–Crippen LogP) is 2.66. The summed E-state index contributed by atoms with van der Waals surface area (Å²) in [4.78, 5) is 12.3. The molecular formula is C16H29NO3. The van der Waals surface area contributed by atoms with Crippen LogP contribution >= 0.6 is 0 Å². The molecule has 1 N–H and O–H groups in total. The van der Waals surface area contributed by atoms with Gasteiger partial charge in [-0.1, -0.05) is 25.7 Å². The lowest BCUT2D eigenvalue weighted by Crippen LogP contribution is -2.49. The highest BCUT2D eigenvalue weighted by molar-refractivity contribution is 5.76. The van der Waals surface area contributed by atoms with Crippen molar-refractivity contribution in [3.8, 4) is 0 Å². The predicted molar refractivity (Wildman–Crippen MR) is 78.6 cm³/mol. The molecule has 0 aromatic rings. The number of esters is 1. The van der Waals surface area contributed by atoms with Gasteiger partial charge >= 0.3 is 5.97 Å². The first-order chi connectivity index (χ1) is 9.81. The Kier molecular flexibility index (Phi) is 6.80. The average Bonchev–Trinajstić information content (AvgIpc) is 2.74.